The SMILES string of the molecule is CCC(Oc1ccc(/C=C2/SC(=S)N(Nc3ccccc3)C2=O)cc1)C(=O)O. The molecule has 0 aliphatic carbocycles. The number of carboxylic acid groups (broad SMARTS) is 1. The van der Waals surface area contributed by atoms with Crippen molar-refractivity contribution in [1.29, 1.82) is 0 Å². The molecular formula is C20H18N2O4S2. The molecule has 1 amide bonds. The predicted molar refractivity (Wildman–Crippen MR) is 114 cm³/mol. The van der Waals surface area contributed by atoms with Gasteiger partial charge in [0, 0.05) is 0 Å². The first-order chi connectivity index (χ1) is 13.5. The molecule has 1 atom stereocenters. The van der Waals surface area contributed by atoms with E-state index in [-0.39, 0.29) is 5.91 Å². The summed E-state index contributed by atoms with van der Waals surface area (Å²) < 4.78 is 5.86. The van der Waals surface area contributed by atoms with Gasteiger partial charge < -0.3 is 9.84 Å². The number of thioether (sulfide) groups is 1. The maximum atomic E-state index is 12.6. The molecule has 0 radical (unpaired) electrons. The highest BCUT2D eigenvalue weighted by atomic mass is 32.2. The first-order valence-corrected chi connectivity index (χ1v) is 9.79. The number of carbonyl (C=O) groups is 2. The monoisotopic (exact) mass is 414 g/mol. The number of benzene rings is 2. The van der Waals surface area contributed by atoms with Crippen LogP contribution in [0.15, 0.2) is 59.5 Å². The second kappa shape index (κ2) is 8.90. The molecule has 144 valence electrons. The number of anilines is 1. The highest BCUT2D eigenvalue weighted by molar-refractivity contribution is 8.26. The number of thiocarbonyl (C=S) groups is 1. The van der Waals surface area contributed by atoms with Crippen molar-refractivity contribution < 1.29 is 19.4 Å². The topological polar surface area (TPSA) is 78.9 Å². The summed E-state index contributed by atoms with van der Waals surface area (Å²) in [6.07, 6.45) is 1.23. The van der Waals surface area contributed by atoms with E-state index in [2.05, 4.69) is 5.43 Å². The molecule has 6 nitrogen and oxygen atoms in total. The van der Waals surface area contributed by atoms with Crippen LogP contribution in [0.5, 0.6) is 5.75 Å². The van der Waals surface area contributed by atoms with Gasteiger partial charge in [-0.2, -0.15) is 0 Å². The number of hydrogen-bond donors (Lipinski definition) is 2. The number of hydrogen-bond acceptors (Lipinski definition) is 6. The third kappa shape index (κ3) is 4.71. The summed E-state index contributed by atoms with van der Waals surface area (Å²) in [5.74, 6) is -0.762. The van der Waals surface area contributed by atoms with Crippen molar-refractivity contribution in [3.63, 3.8) is 0 Å². The van der Waals surface area contributed by atoms with Crippen LogP contribution in [0.25, 0.3) is 6.08 Å². The van der Waals surface area contributed by atoms with Gasteiger partial charge in [-0.3, -0.25) is 10.2 Å². The summed E-state index contributed by atoms with van der Waals surface area (Å²) >= 11 is 6.52. The number of carboxylic acids is 1. The van der Waals surface area contributed by atoms with Crippen LogP contribution >= 0.6 is 24.0 Å². The van der Waals surface area contributed by atoms with Gasteiger partial charge in [0.05, 0.1) is 10.6 Å². The number of amides is 1. The Bertz CT molecular complexity index is 914. The lowest BCUT2D eigenvalue weighted by Gasteiger charge is -2.16. The molecule has 2 aromatic carbocycles. The summed E-state index contributed by atoms with van der Waals surface area (Å²) in [5, 5.41) is 10.4. The number of carbonyl (C=O) groups excluding carboxylic acids is 1. The number of nitrogens with one attached hydrogen (secondary N) is 1. The lowest BCUT2D eigenvalue weighted by atomic mass is 10.2. The fourth-order valence-electron chi connectivity index (χ4n) is 2.47. The maximum Gasteiger partial charge on any atom is 0.344 e. The first-order valence-electron chi connectivity index (χ1n) is 8.57. The lowest BCUT2D eigenvalue weighted by molar-refractivity contribution is -0.145. The number of hydrazine groups is 1. The van der Waals surface area contributed by atoms with Crippen LogP contribution < -0.4 is 10.2 Å². The Morgan fingerprint density at radius 1 is 1.25 bits per heavy atom. The molecule has 2 aromatic rings. The van der Waals surface area contributed by atoms with Crippen LogP contribution in [-0.2, 0) is 9.59 Å². The van der Waals surface area contributed by atoms with Crippen LogP contribution in [0.4, 0.5) is 5.69 Å². The highest BCUT2D eigenvalue weighted by Gasteiger charge is 2.32. The third-order valence-electron chi connectivity index (χ3n) is 3.91. The van der Waals surface area contributed by atoms with Crippen molar-refractivity contribution in [3.05, 3.63) is 65.1 Å². The van der Waals surface area contributed by atoms with Gasteiger partial charge in [0.25, 0.3) is 5.91 Å². The molecule has 1 aliphatic heterocycles. The number of aliphatic carboxylic acids is 1. The number of nitrogens with zero attached hydrogens (tertiary/aromatic N) is 1. The van der Waals surface area contributed by atoms with Gasteiger partial charge in [-0.1, -0.05) is 49.0 Å². The van der Waals surface area contributed by atoms with Crippen LogP contribution in [0.1, 0.15) is 18.9 Å². The Hall–Kier alpha value is -2.84. The number of ether oxygens (including phenoxy) is 1. The van der Waals surface area contributed by atoms with E-state index >= 15 is 0 Å². The zero-order valence-electron chi connectivity index (χ0n) is 15.0. The van der Waals surface area contributed by atoms with Gasteiger partial charge in [-0.05, 0) is 54.5 Å². The molecule has 8 heteroatoms. The molecule has 1 aliphatic rings. The van der Waals surface area contributed by atoms with E-state index in [0.29, 0.717) is 21.4 Å². The van der Waals surface area contributed by atoms with E-state index < -0.39 is 12.1 Å². The Morgan fingerprint density at radius 3 is 2.54 bits per heavy atom. The van der Waals surface area contributed by atoms with Gasteiger partial charge in [0.15, 0.2) is 10.4 Å². The Balaban J connectivity index is 1.70. The molecule has 0 bridgehead atoms. The normalized spacial score (nSPS) is 16.3. The van der Waals surface area contributed by atoms with Crippen molar-refractivity contribution in [3.8, 4) is 5.75 Å². The summed E-state index contributed by atoms with van der Waals surface area (Å²) in [5.41, 5.74) is 4.57. The highest BCUT2D eigenvalue weighted by Crippen LogP contribution is 2.33. The molecule has 2 N–H and O–H groups in total. The molecule has 0 saturated carbocycles. The minimum Gasteiger partial charge on any atom is -0.479 e. The lowest BCUT2D eigenvalue weighted by Crippen LogP contribution is -2.33. The summed E-state index contributed by atoms with van der Waals surface area (Å²) in [4.78, 5) is 24.2. The second-order valence-corrected chi connectivity index (χ2v) is 7.59. The smallest absolute Gasteiger partial charge is 0.344 e. The molecule has 1 heterocycles. The maximum absolute atomic E-state index is 12.6. The zero-order chi connectivity index (χ0) is 20.1. The van der Waals surface area contributed by atoms with E-state index in [1.54, 1.807) is 37.3 Å². The number of rotatable bonds is 7. The van der Waals surface area contributed by atoms with Crippen molar-refractivity contribution in [2.45, 2.75) is 19.4 Å². The zero-order valence-corrected chi connectivity index (χ0v) is 16.6. The van der Waals surface area contributed by atoms with Crippen molar-refractivity contribution >= 4 is 51.9 Å². The standard InChI is InChI=1S/C20H18N2O4S2/c1-2-16(19(24)25)26-15-10-8-13(9-11-15)12-17-18(23)22(20(27)28-17)21-14-6-4-3-5-7-14/h3-12,16,21H,2H2,1H3,(H,24,25)/b17-12+. The van der Waals surface area contributed by atoms with Crippen molar-refractivity contribution in [1.82, 2.24) is 5.01 Å². The molecule has 28 heavy (non-hydrogen) atoms. The third-order valence-corrected chi connectivity index (χ3v) is 5.21. The fourth-order valence-corrected chi connectivity index (χ4v) is 3.65. The van der Waals surface area contributed by atoms with Gasteiger partial charge in [0.1, 0.15) is 5.75 Å². The minimum atomic E-state index is -0.999. The first kappa shape index (κ1) is 19.9. The average molecular weight is 415 g/mol. The summed E-state index contributed by atoms with van der Waals surface area (Å²) in [6.45, 7) is 1.75. The molecule has 1 saturated heterocycles. The number of para-hydroxylation sites is 1. The van der Waals surface area contributed by atoms with E-state index in [0.717, 1.165) is 11.3 Å². The Kier molecular flexibility index (Phi) is 6.33. The molecule has 0 spiro atoms. The molecule has 1 unspecified atom stereocenters. The second-order valence-electron chi connectivity index (χ2n) is 5.92. The predicted octanol–water partition coefficient (Wildman–Crippen LogP) is 4.16. The van der Waals surface area contributed by atoms with E-state index in [9.17, 15) is 9.59 Å². The van der Waals surface area contributed by atoms with Crippen LogP contribution in [0.2, 0.25) is 0 Å². The molecule has 3 rings (SSSR count). The van der Waals surface area contributed by atoms with Gasteiger partial charge in [-0.25, -0.2) is 9.80 Å². The van der Waals surface area contributed by atoms with E-state index in [1.165, 1.54) is 16.8 Å². The van der Waals surface area contributed by atoms with Crippen LogP contribution in [0, 0.1) is 0 Å². The quantitative estimate of drug-likeness (QED) is 0.520. The van der Waals surface area contributed by atoms with E-state index in [1.807, 2.05) is 30.3 Å². The van der Waals surface area contributed by atoms with Gasteiger partial charge >= 0.3 is 5.97 Å². The van der Waals surface area contributed by atoms with Gasteiger partial charge in [0.2, 0.25) is 0 Å². The average Bonchev–Trinajstić information content (AvgIpc) is 2.95. The summed E-state index contributed by atoms with van der Waals surface area (Å²) in [7, 11) is 0. The minimum absolute atomic E-state index is 0.226. The van der Waals surface area contributed by atoms with Crippen LogP contribution in [0.3, 0.4) is 0 Å². The van der Waals surface area contributed by atoms with Crippen molar-refractivity contribution in [2.24, 2.45) is 0 Å². The van der Waals surface area contributed by atoms with Gasteiger partial charge in [-0.15, -0.1) is 0 Å². The Morgan fingerprint density at radius 2 is 1.93 bits per heavy atom. The Labute approximate surface area is 172 Å². The molecule has 1 fully saturated rings. The summed E-state index contributed by atoms with van der Waals surface area (Å²) in [6, 6.07) is 16.2. The fraction of sp³-hybridized carbons (Fsp3) is 0.150. The largest absolute Gasteiger partial charge is 0.479 e. The van der Waals surface area contributed by atoms with Crippen molar-refractivity contribution in [2.75, 3.05) is 5.43 Å². The van der Waals surface area contributed by atoms with Crippen LogP contribution in [-0.4, -0.2) is 32.4 Å². The molecular weight excluding hydrogens is 396 g/mol. The molecule has 0 aromatic heterocycles. The van der Waals surface area contributed by atoms with E-state index in [4.69, 9.17) is 22.1 Å².